The second kappa shape index (κ2) is 8.33. The number of carbonyl (C=O) groups is 1. The lowest BCUT2D eigenvalue weighted by Gasteiger charge is -2.05. The molecule has 26 heavy (non-hydrogen) atoms. The summed E-state index contributed by atoms with van der Waals surface area (Å²) in [6.07, 6.45) is 6.90. The highest BCUT2D eigenvalue weighted by Crippen LogP contribution is 2.31. The summed E-state index contributed by atoms with van der Waals surface area (Å²) in [5.41, 5.74) is 1.48. The van der Waals surface area contributed by atoms with Crippen LogP contribution in [0.1, 0.15) is 5.56 Å². The zero-order valence-electron chi connectivity index (χ0n) is 13.3. The topological polar surface area (TPSA) is 50.7 Å². The Morgan fingerprint density at radius 2 is 2.00 bits per heavy atom. The summed E-state index contributed by atoms with van der Waals surface area (Å²) in [4.78, 5) is 17.1. The lowest BCUT2D eigenvalue weighted by atomic mass is 10.2. The third-order valence-electron chi connectivity index (χ3n) is 3.27. The first-order chi connectivity index (χ1) is 12.5. The number of thioether (sulfide) groups is 1. The van der Waals surface area contributed by atoms with E-state index in [4.69, 9.17) is 34.4 Å². The Morgan fingerprint density at radius 1 is 1.23 bits per heavy atom. The SMILES string of the molecule is C#CCOc1ccc(C=C2SC(=Nc3ccc(Cl)cc3)NC2=O)cc1Cl. The molecule has 1 amide bonds. The number of terminal acetylenes is 1. The van der Waals surface area contributed by atoms with Gasteiger partial charge in [0.1, 0.15) is 12.4 Å². The van der Waals surface area contributed by atoms with Crippen LogP contribution in [-0.4, -0.2) is 17.7 Å². The maximum atomic E-state index is 12.1. The van der Waals surface area contributed by atoms with Gasteiger partial charge in [-0.05, 0) is 59.8 Å². The van der Waals surface area contributed by atoms with Gasteiger partial charge in [-0.3, -0.25) is 4.79 Å². The molecule has 1 saturated heterocycles. The van der Waals surface area contributed by atoms with E-state index in [9.17, 15) is 4.79 Å². The third kappa shape index (κ3) is 4.61. The number of hydrogen-bond donors (Lipinski definition) is 1. The molecule has 0 aliphatic carbocycles. The molecule has 0 unspecified atom stereocenters. The molecule has 3 rings (SSSR count). The first kappa shape index (κ1) is 18.4. The van der Waals surface area contributed by atoms with E-state index in [1.54, 1.807) is 48.5 Å². The van der Waals surface area contributed by atoms with Gasteiger partial charge in [-0.25, -0.2) is 4.99 Å². The highest BCUT2D eigenvalue weighted by atomic mass is 35.5. The highest BCUT2D eigenvalue weighted by Gasteiger charge is 2.23. The Hall–Kier alpha value is -2.39. The van der Waals surface area contributed by atoms with Crippen LogP contribution in [0.4, 0.5) is 5.69 Å². The van der Waals surface area contributed by atoms with Gasteiger partial charge in [-0.1, -0.05) is 35.2 Å². The Morgan fingerprint density at radius 3 is 2.69 bits per heavy atom. The molecule has 0 spiro atoms. The fourth-order valence-corrected chi connectivity index (χ4v) is 3.32. The van der Waals surface area contributed by atoms with Gasteiger partial charge in [0, 0.05) is 5.02 Å². The molecule has 1 heterocycles. The van der Waals surface area contributed by atoms with Crippen LogP contribution in [0.3, 0.4) is 0 Å². The van der Waals surface area contributed by atoms with Crippen LogP contribution in [0.2, 0.25) is 10.0 Å². The van der Waals surface area contributed by atoms with Gasteiger partial charge >= 0.3 is 0 Å². The third-order valence-corrected chi connectivity index (χ3v) is 4.73. The van der Waals surface area contributed by atoms with Crippen molar-refractivity contribution in [1.82, 2.24) is 5.32 Å². The van der Waals surface area contributed by atoms with Gasteiger partial charge in [0.25, 0.3) is 5.91 Å². The minimum atomic E-state index is -0.216. The standard InChI is InChI=1S/C19H12Cl2N2O2S/c1-2-9-25-16-8-3-12(10-15(16)21)11-17-18(24)23-19(26-17)22-14-6-4-13(20)5-7-14/h1,3-8,10-11H,9H2,(H,22,23,24). The molecule has 0 radical (unpaired) electrons. The zero-order valence-corrected chi connectivity index (χ0v) is 15.7. The number of ether oxygens (including phenoxy) is 1. The molecule has 0 saturated carbocycles. The van der Waals surface area contributed by atoms with Crippen molar-refractivity contribution in [1.29, 1.82) is 0 Å². The molecule has 7 heteroatoms. The second-order valence-corrected chi connectivity index (χ2v) is 7.02. The second-order valence-electron chi connectivity index (χ2n) is 5.14. The Balaban J connectivity index is 1.77. The summed E-state index contributed by atoms with van der Waals surface area (Å²) in [7, 11) is 0. The van der Waals surface area contributed by atoms with Crippen molar-refractivity contribution in [2.24, 2.45) is 4.99 Å². The number of nitrogens with zero attached hydrogens (tertiary/aromatic N) is 1. The minimum absolute atomic E-state index is 0.142. The van der Waals surface area contributed by atoms with Crippen molar-refractivity contribution in [3.05, 3.63) is 63.0 Å². The van der Waals surface area contributed by atoms with Crippen molar-refractivity contribution in [2.75, 3.05) is 6.61 Å². The quantitative estimate of drug-likeness (QED) is 0.584. The largest absolute Gasteiger partial charge is 0.479 e. The summed E-state index contributed by atoms with van der Waals surface area (Å²) < 4.78 is 5.32. The van der Waals surface area contributed by atoms with Crippen molar-refractivity contribution < 1.29 is 9.53 Å². The molecular formula is C19H12Cl2N2O2S. The molecular weight excluding hydrogens is 391 g/mol. The molecule has 1 N–H and O–H groups in total. The lowest BCUT2D eigenvalue weighted by molar-refractivity contribution is -0.115. The first-order valence-corrected chi connectivity index (χ1v) is 9.03. The molecule has 1 aliphatic heterocycles. The predicted octanol–water partition coefficient (Wildman–Crippen LogP) is 4.90. The monoisotopic (exact) mass is 402 g/mol. The lowest BCUT2D eigenvalue weighted by Crippen LogP contribution is -2.19. The van der Waals surface area contributed by atoms with Crippen molar-refractivity contribution >= 4 is 57.8 Å². The minimum Gasteiger partial charge on any atom is -0.479 e. The number of hydrogen-bond acceptors (Lipinski definition) is 4. The Kier molecular flexibility index (Phi) is 5.89. The van der Waals surface area contributed by atoms with E-state index in [-0.39, 0.29) is 12.5 Å². The summed E-state index contributed by atoms with van der Waals surface area (Å²) in [6, 6.07) is 12.3. The number of amides is 1. The molecule has 4 nitrogen and oxygen atoms in total. The fourth-order valence-electron chi connectivity index (χ4n) is 2.11. The summed E-state index contributed by atoms with van der Waals surface area (Å²) >= 11 is 13.3. The van der Waals surface area contributed by atoms with Gasteiger partial charge in [0.2, 0.25) is 0 Å². The average molecular weight is 403 g/mol. The fraction of sp³-hybridized carbons (Fsp3) is 0.0526. The van der Waals surface area contributed by atoms with Crippen LogP contribution in [0.5, 0.6) is 5.75 Å². The van der Waals surface area contributed by atoms with E-state index in [2.05, 4.69) is 16.2 Å². The molecule has 0 atom stereocenters. The van der Waals surface area contributed by atoms with Crippen LogP contribution in [0, 0.1) is 12.3 Å². The van der Waals surface area contributed by atoms with E-state index in [1.807, 2.05) is 0 Å². The zero-order chi connectivity index (χ0) is 18.5. The summed E-state index contributed by atoms with van der Waals surface area (Å²) in [5, 5.41) is 4.29. The van der Waals surface area contributed by atoms with E-state index in [0.717, 1.165) is 5.56 Å². The van der Waals surface area contributed by atoms with Gasteiger partial charge in [-0.2, -0.15) is 0 Å². The van der Waals surface area contributed by atoms with Crippen molar-refractivity contribution in [3.63, 3.8) is 0 Å². The van der Waals surface area contributed by atoms with E-state index >= 15 is 0 Å². The molecule has 0 aromatic heterocycles. The first-order valence-electron chi connectivity index (χ1n) is 7.46. The number of carbonyl (C=O) groups excluding carboxylic acids is 1. The van der Waals surface area contributed by atoms with Gasteiger partial charge < -0.3 is 10.1 Å². The molecule has 0 bridgehead atoms. The van der Waals surface area contributed by atoms with E-state index in [1.165, 1.54) is 11.8 Å². The molecule has 1 fully saturated rings. The maximum absolute atomic E-state index is 12.1. The number of benzene rings is 2. The van der Waals surface area contributed by atoms with Crippen LogP contribution in [0.15, 0.2) is 52.4 Å². The number of amidine groups is 1. The Labute approximate surface area is 165 Å². The van der Waals surface area contributed by atoms with Crippen LogP contribution >= 0.6 is 35.0 Å². The van der Waals surface area contributed by atoms with E-state index < -0.39 is 0 Å². The summed E-state index contributed by atoms with van der Waals surface area (Å²) in [5.74, 6) is 2.66. The van der Waals surface area contributed by atoms with Crippen molar-refractivity contribution in [3.8, 4) is 18.1 Å². The van der Waals surface area contributed by atoms with Gasteiger partial charge in [0.15, 0.2) is 5.17 Å². The number of aliphatic imine (C=N–C) groups is 1. The molecule has 2 aromatic rings. The smallest absolute Gasteiger partial charge is 0.264 e. The molecule has 2 aromatic carbocycles. The van der Waals surface area contributed by atoms with E-state index in [0.29, 0.717) is 31.6 Å². The summed E-state index contributed by atoms with van der Waals surface area (Å²) in [6.45, 7) is 0.142. The van der Waals surface area contributed by atoms with Crippen LogP contribution in [0.25, 0.3) is 6.08 Å². The molecule has 130 valence electrons. The predicted molar refractivity (Wildman–Crippen MR) is 108 cm³/mol. The van der Waals surface area contributed by atoms with Crippen LogP contribution in [-0.2, 0) is 4.79 Å². The number of halogens is 2. The highest BCUT2D eigenvalue weighted by molar-refractivity contribution is 8.18. The van der Waals surface area contributed by atoms with Crippen LogP contribution < -0.4 is 10.1 Å². The molecule has 1 aliphatic rings. The number of rotatable bonds is 4. The Bertz CT molecular complexity index is 947. The van der Waals surface area contributed by atoms with Gasteiger partial charge in [-0.15, -0.1) is 6.42 Å². The van der Waals surface area contributed by atoms with Crippen molar-refractivity contribution in [2.45, 2.75) is 0 Å². The average Bonchev–Trinajstić information content (AvgIpc) is 2.95. The maximum Gasteiger partial charge on any atom is 0.264 e. The normalized spacial score (nSPS) is 16.6. The van der Waals surface area contributed by atoms with Gasteiger partial charge in [0.05, 0.1) is 15.6 Å². The number of nitrogens with one attached hydrogen (secondary N) is 1.